The van der Waals surface area contributed by atoms with Gasteiger partial charge in [0.25, 0.3) is 5.91 Å². The fraction of sp³-hybridized carbons (Fsp3) is 0.471. The normalized spacial score (nSPS) is 23.1. The van der Waals surface area contributed by atoms with Crippen molar-refractivity contribution in [1.82, 2.24) is 10.2 Å². The molecule has 1 saturated heterocycles. The topological polar surface area (TPSA) is 132 Å². The van der Waals surface area contributed by atoms with E-state index in [9.17, 15) is 14.0 Å². The van der Waals surface area contributed by atoms with E-state index in [1.54, 1.807) is 0 Å². The van der Waals surface area contributed by atoms with Crippen molar-refractivity contribution in [2.75, 3.05) is 46.1 Å². The third-order valence-corrected chi connectivity index (χ3v) is 4.66. The van der Waals surface area contributed by atoms with E-state index < -0.39 is 23.2 Å². The van der Waals surface area contributed by atoms with Crippen molar-refractivity contribution in [2.24, 2.45) is 16.5 Å². The molecule has 2 aliphatic rings. The number of nitrogens with zero attached hydrogens (tertiary/aromatic N) is 2. The minimum Gasteiger partial charge on any atom is -0.492 e. The first-order chi connectivity index (χ1) is 12.9. The van der Waals surface area contributed by atoms with Gasteiger partial charge in [0.1, 0.15) is 23.9 Å². The maximum absolute atomic E-state index is 13.8. The molecule has 9 nitrogen and oxygen atoms in total. The maximum Gasteiger partial charge on any atom is 0.265 e. The summed E-state index contributed by atoms with van der Waals surface area (Å²) in [7, 11) is 0. The highest BCUT2D eigenvalue weighted by atomic mass is 19.1. The lowest BCUT2D eigenvalue weighted by Gasteiger charge is -2.30. The zero-order valence-corrected chi connectivity index (χ0v) is 14.7. The van der Waals surface area contributed by atoms with Crippen molar-refractivity contribution in [3.8, 4) is 5.75 Å². The summed E-state index contributed by atoms with van der Waals surface area (Å²) in [4.78, 5) is 30.2. The number of rotatable bonds is 7. The molecule has 0 aliphatic carbocycles. The number of ether oxygens (including phenoxy) is 2. The van der Waals surface area contributed by atoms with Crippen molar-refractivity contribution in [1.29, 1.82) is 0 Å². The number of morpholine rings is 1. The summed E-state index contributed by atoms with van der Waals surface area (Å²) in [6.07, 6.45) is 0. The summed E-state index contributed by atoms with van der Waals surface area (Å²) >= 11 is 0. The van der Waals surface area contributed by atoms with Gasteiger partial charge >= 0.3 is 0 Å². The van der Waals surface area contributed by atoms with Crippen LogP contribution in [0.25, 0.3) is 0 Å². The summed E-state index contributed by atoms with van der Waals surface area (Å²) in [5.41, 5.74) is 9.18. The summed E-state index contributed by atoms with van der Waals surface area (Å²) in [6, 6.07) is 3.66. The van der Waals surface area contributed by atoms with Crippen LogP contribution in [0.1, 0.15) is 5.56 Å². The van der Waals surface area contributed by atoms with Crippen molar-refractivity contribution in [2.45, 2.75) is 5.54 Å². The summed E-state index contributed by atoms with van der Waals surface area (Å²) in [5, 5.41) is 2.81. The molecule has 1 fully saturated rings. The Hall–Kier alpha value is -2.56. The largest absolute Gasteiger partial charge is 0.492 e. The van der Waals surface area contributed by atoms with Crippen LogP contribution in [0.15, 0.2) is 23.2 Å². The Morgan fingerprint density at radius 2 is 2.07 bits per heavy atom. The quantitative estimate of drug-likeness (QED) is 0.540. The first kappa shape index (κ1) is 19.2. The van der Waals surface area contributed by atoms with Crippen LogP contribution in [-0.4, -0.2) is 68.5 Å². The Labute approximate surface area is 155 Å². The maximum atomic E-state index is 13.8. The average Bonchev–Trinajstić information content (AvgIpc) is 3.09. The lowest BCUT2D eigenvalue weighted by Crippen LogP contribution is -2.58. The fourth-order valence-electron chi connectivity index (χ4n) is 3.30. The van der Waals surface area contributed by atoms with Crippen LogP contribution >= 0.6 is 0 Å². The van der Waals surface area contributed by atoms with Gasteiger partial charge in [0.2, 0.25) is 5.91 Å². The lowest BCUT2D eigenvalue weighted by molar-refractivity contribution is -0.123. The Bertz CT molecular complexity index is 766. The van der Waals surface area contributed by atoms with Crippen LogP contribution in [-0.2, 0) is 19.9 Å². The van der Waals surface area contributed by atoms with Gasteiger partial charge in [0.15, 0.2) is 5.54 Å². The SMILES string of the molecule is NC(=O)C1=NCNC1(C(N)=O)c1ccc(F)cc1OCCN1CCOCC1. The third kappa shape index (κ3) is 3.77. The predicted molar refractivity (Wildman–Crippen MR) is 94.7 cm³/mol. The number of nitrogens with one attached hydrogen (secondary N) is 1. The molecule has 0 aromatic heterocycles. The third-order valence-electron chi connectivity index (χ3n) is 4.66. The minimum absolute atomic E-state index is 0.0220. The number of carbonyl (C=O) groups excluding carboxylic acids is 2. The van der Waals surface area contributed by atoms with E-state index in [1.807, 2.05) is 0 Å². The molecule has 0 bridgehead atoms. The van der Waals surface area contributed by atoms with Gasteiger partial charge in [-0.1, -0.05) is 0 Å². The van der Waals surface area contributed by atoms with E-state index in [-0.39, 0.29) is 30.3 Å². The van der Waals surface area contributed by atoms with E-state index in [0.29, 0.717) is 19.8 Å². The van der Waals surface area contributed by atoms with Crippen LogP contribution in [0.2, 0.25) is 0 Å². The molecule has 1 atom stereocenters. The summed E-state index contributed by atoms with van der Waals surface area (Å²) in [6.45, 7) is 3.71. The molecule has 2 heterocycles. The molecule has 1 aromatic rings. The first-order valence-electron chi connectivity index (χ1n) is 8.57. The number of hydrogen-bond acceptors (Lipinski definition) is 7. The second-order valence-corrected chi connectivity index (χ2v) is 6.26. The number of carbonyl (C=O) groups is 2. The Balaban J connectivity index is 1.87. The summed E-state index contributed by atoms with van der Waals surface area (Å²) in [5.74, 6) is -2.20. The van der Waals surface area contributed by atoms with Gasteiger partial charge in [-0.05, 0) is 12.1 Å². The van der Waals surface area contributed by atoms with Gasteiger partial charge in [-0.15, -0.1) is 0 Å². The highest BCUT2D eigenvalue weighted by molar-refractivity contribution is 6.46. The molecule has 2 amide bonds. The lowest BCUT2D eigenvalue weighted by atomic mass is 9.84. The van der Waals surface area contributed by atoms with Crippen LogP contribution in [0, 0.1) is 5.82 Å². The van der Waals surface area contributed by atoms with E-state index >= 15 is 0 Å². The van der Waals surface area contributed by atoms with Crippen LogP contribution in [0.4, 0.5) is 4.39 Å². The Kier molecular flexibility index (Phi) is 5.68. The molecule has 3 rings (SSSR count). The molecule has 10 heteroatoms. The van der Waals surface area contributed by atoms with Crippen LogP contribution in [0.3, 0.4) is 0 Å². The highest BCUT2D eigenvalue weighted by Crippen LogP contribution is 2.34. The second-order valence-electron chi connectivity index (χ2n) is 6.26. The summed E-state index contributed by atoms with van der Waals surface area (Å²) < 4.78 is 24.9. The van der Waals surface area contributed by atoms with Crippen LogP contribution in [0.5, 0.6) is 5.75 Å². The molecular formula is C17H22FN5O4. The minimum atomic E-state index is -1.76. The number of aliphatic imine (C=N–C) groups is 1. The van der Waals surface area contributed by atoms with Crippen molar-refractivity contribution in [3.05, 3.63) is 29.6 Å². The van der Waals surface area contributed by atoms with E-state index in [0.717, 1.165) is 25.2 Å². The number of nitrogens with two attached hydrogens (primary N) is 2. The molecule has 1 unspecified atom stereocenters. The fourth-order valence-corrected chi connectivity index (χ4v) is 3.30. The molecule has 0 radical (unpaired) electrons. The zero-order chi connectivity index (χ0) is 19.4. The number of benzene rings is 1. The number of primary amides is 2. The van der Waals surface area contributed by atoms with Gasteiger partial charge in [-0.3, -0.25) is 24.8 Å². The molecule has 27 heavy (non-hydrogen) atoms. The molecule has 5 N–H and O–H groups in total. The smallest absolute Gasteiger partial charge is 0.265 e. The van der Waals surface area contributed by atoms with Crippen molar-refractivity contribution < 1.29 is 23.5 Å². The van der Waals surface area contributed by atoms with E-state index in [1.165, 1.54) is 6.07 Å². The highest BCUT2D eigenvalue weighted by Gasteiger charge is 2.50. The van der Waals surface area contributed by atoms with Crippen LogP contribution < -0.4 is 21.5 Å². The molecule has 0 spiro atoms. The van der Waals surface area contributed by atoms with Gasteiger partial charge in [-0.2, -0.15) is 0 Å². The van der Waals surface area contributed by atoms with Crippen molar-refractivity contribution in [3.63, 3.8) is 0 Å². The predicted octanol–water partition coefficient (Wildman–Crippen LogP) is -1.30. The molecule has 2 aliphatic heterocycles. The van der Waals surface area contributed by atoms with E-state index in [4.69, 9.17) is 20.9 Å². The number of amides is 2. The number of hydrogen-bond donors (Lipinski definition) is 3. The van der Waals surface area contributed by atoms with E-state index in [2.05, 4.69) is 15.2 Å². The monoisotopic (exact) mass is 379 g/mol. The van der Waals surface area contributed by atoms with Gasteiger partial charge in [-0.25, -0.2) is 4.39 Å². The Morgan fingerprint density at radius 3 is 2.74 bits per heavy atom. The standard InChI is InChI=1S/C17H22FN5O4/c18-11-1-2-12(17(16(20)25)14(15(19)24)21-10-22-17)13(9-11)27-8-5-23-3-6-26-7-4-23/h1-2,9,22H,3-8,10H2,(H2,19,24)(H2,20,25). The first-order valence-corrected chi connectivity index (χ1v) is 8.57. The Morgan fingerprint density at radius 1 is 1.33 bits per heavy atom. The average molecular weight is 379 g/mol. The molecule has 1 aromatic carbocycles. The molecule has 0 saturated carbocycles. The number of halogens is 1. The molecule has 146 valence electrons. The van der Waals surface area contributed by atoms with Gasteiger partial charge in [0.05, 0.1) is 19.9 Å². The second kappa shape index (κ2) is 7.99. The molecular weight excluding hydrogens is 357 g/mol. The van der Waals surface area contributed by atoms with Gasteiger partial charge < -0.3 is 20.9 Å². The zero-order valence-electron chi connectivity index (χ0n) is 14.7. The van der Waals surface area contributed by atoms with Crippen molar-refractivity contribution >= 4 is 17.5 Å². The van der Waals surface area contributed by atoms with Gasteiger partial charge in [0, 0.05) is 31.3 Å².